The first-order chi connectivity index (χ1) is 41.4. The van der Waals surface area contributed by atoms with Crippen LogP contribution in [0.2, 0.25) is 0 Å². The summed E-state index contributed by atoms with van der Waals surface area (Å²) in [5.41, 5.74) is 24.4. The van der Waals surface area contributed by atoms with Gasteiger partial charge in [0.1, 0.15) is 0 Å². The number of benzene rings is 12. The Kier molecular flexibility index (Phi) is 13.2. The van der Waals surface area contributed by atoms with Gasteiger partial charge in [0.15, 0.2) is 0 Å². The minimum atomic E-state index is 1.06. The first kappa shape index (κ1) is 51.0. The van der Waals surface area contributed by atoms with E-state index in [2.05, 4.69) is 324 Å². The standard InChI is InChI=1S/C80H58N4/c1-5-55-19-27-61(28-20-55)63-35-47-77-73(51-63)75-53-71(45-49-79(75)83(77)69-37-23-57(7-3)24-38-69)81(65-15-11-9-12-16-65)67-41-31-59(32-42-67)60-33-43-68(44-34-60)82(66-17-13-10-14-18-66)72-46-50-80-76(54-72)74-52-64(62-29-21-56(6-2)22-30-62)36-48-78(74)84(80)70-39-25-58(8-4)26-40-70/h5-54H,1-4H2. The first-order valence-electron chi connectivity index (χ1n) is 28.4. The second-order valence-corrected chi connectivity index (χ2v) is 21.2. The van der Waals surface area contributed by atoms with Crippen molar-refractivity contribution in [1.82, 2.24) is 9.13 Å². The lowest BCUT2D eigenvalue weighted by atomic mass is 10.0. The fraction of sp³-hybridized carbons (Fsp3) is 0. The molecule has 0 bridgehead atoms. The van der Waals surface area contributed by atoms with Gasteiger partial charge in [-0.15, -0.1) is 0 Å². The molecule has 0 spiro atoms. The van der Waals surface area contributed by atoms with Crippen molar-refractivity contribution in [2.45, 2.75) is 0 Å². The van der Waals surface area contributed by atoms with Gasteiger partial charge in [0.2, 0.25) is 0 Å². The number of nitrogens with zero attached hydrogens (tertiary/aromatic N) is 4. The molecule has 84 heavy (non-hydrogen) atoms. The van der Waals surface area contributed by atoms with Crippen LogP contribution in [0.15, 0.2) is 305 Å². The Hall–Kier alpha value is -11.2. The summed E-state index contributed by atoms with van der Waals surface area (Å²) in [5, 5.41) is 4.70. The minimum absolute atomic E-state index is 1.06. The van der Waals surface area contributed by atoms with Gasteiger partial charge in [-0.2, -0.15) is 0 Å². The summed E-state index contributed by atoms with van der Waals surface area (Å²) in [7, 11) is 0. The fourth-order valence-electron chi connectivity index (χ4n) is 12.0. The van der Waals surface area contributed by atoms with E-state index in [1.54, 1.807) is 0 Å². The lowest BCUT2D eigenvalue weighted by Crippen LogP contribution is -2.10. The zero-order chi connectivity index (χ0) is 56.7. The van der Waals surface area contributed by atoms with Gasteiger partial charge < -0.3 is 18.9 Å². The second-order valence-electron chi connectivity index (χ2n) is 21.2. The predicted molar refractivity (Wildman–Crippen MR) is 361 cm³/mol. The third-order valence-corrected chi connectivity index (χ3v) is 16.4. The predicted octanol–water partition coefficient (Wildman–Crippen LogP) is 22.4. The van der Waals surface area contributed by atoms with E-state index in [0.717, 1.165) is 123 Å². The van der Waals surface area contributed by atoms with Gasteiger partial charge in [0.05, 0.1) is 22.1 Å². The molecule has 0 amide bonds. The monoisotopic (exact) mass is 1070 g/mol. The molecule has 0 unspecified atom stereocenters. The van der Waals surface area contributed by atoms with E-state index >= 15 is 0 Å². The topological polar surface area (TPSA) is 16.3 Å². The van der Waals surface area contributed by atoms with E-state index in [1.165, 1.54) is 21.5 Å². The smallest absolute Gasteiger partial charge is 0.0542 e. The third kappa shape index (κ3) is 9.28. The zero-order valence-electron chi connectivity index (χ0n) is 46.5. The normalized spacial score (nSPS) is 11.3. The number of para-hydroxylation sites is 2. The molecule has 398 valence electrons. The van der Waals surface area contributed by atoms with Crippen molar-refractivity contribution in [2.75, 3.05) is 9.80 Å². The van der Waals surface area contributed by atoms with Gasteiger partial charge in [-0.05, 0) is 189 Å². The van der Waals surface area contributed by atoms with E-state index in [4.69, 9.17) is 0 Å². The van der Waals surface area contributed by atoms with Crippen LogP contribution in [0.5, 0.6) is 0 Å². The molecular weight excluding hydrogens is 1020 g/mol. The SMILES string of the molecule is C=Cc1ccc(-c2ccc3c(c2)c2cc(N(c4ccccc4)c4ccc(-c5ccc(N(c6ccccc6)c6ccc7c(c6)c6cc(-c8ccc(C=C)cc8)ccc6n7-c6ccc(C=C)cc6)cc5)cc4)ccc2n3-c2ccc(C=C)cc2)cc1. The average Bonchev–Trinajstić information content (AvgIpc) is 3.85. The molecule has 2 aromatic heterocycles. The summed E-state index contributed by atoms with van der Waals surface area (Å²) < 4.78 is 4.75. The Morgan fingerprint density at radius 1 is 0.226 bits per heavy atom. The fourth-order valence-corrected chi connectivity index (χ4v) is 12.0. The summed E-state index contributed by atoms with van der Waals surface area (Å²) in [4.78, 5) is 4.72. The Morgan fingerprint density at radius 2 is 0.476 bits per heavy atom. The molecule has 2 heterocycles. The number of hydrogen-bond acceptors (Lipinski definition) is 2. The Balaban J connectivity index is 0.831. The van der Waals surface area contributed by atoms with E-state index in [-0.39, 0.29) is 0 Å². The van der Waals surface area contributed by atoms with Crippen molar-refractivity contribution >= 4 is 102 Å². The summed E-state index contributed by atoms with van der Waals surface area (Å²) >= 11 is 0. The second kappa shape index (κ2) is 21.7. The Morgan fingerprint density at radius 3 is 0.810 bits per heavy atom. The maximum Gasteiger partial charge on any atom is 0.0542 e. The highest BCUT2D eigenvalue weighted by Crippen LogP contribution is 2.44. The molecule has 0 aliphatic rings. The molecule has 0 aliphatic carbocycles. The number of aromatic nitrogens is 2. The van der Waals surface area contributed by atoms with Crippen LogP contribution in [-0.2, 0) is 0 Å². The minimum Gasteiger partial charge on any atom is -0.310 e. The molecule has 4 heteroatoms. The first-order valence-corrected chi connectivity index (χ1v) is 28.4. The summed E-state index contributed by atoms with van der Waals surface area (Å²) in [5.74, 6) is 0. The molecule has 0 radical (unpaired) electrons. The quantitative estimate of drug-likeness (QED) is 0.102. The van der Waals surface area contributed by atoms with Crippen LogP contribution in [-0.4, -0.2) is 9.13 Å². The van der Waals surface area contributed by atoms with Crippen LogP contribution in [0, 0.1) is 0 Å². The third-order valence-electron chi connectivity index (χ3n) is 16.4. The van der Waals surface area contributed by atoms with Crippen LogP contribution in [0.3, 0.4) is 0 Å². The number of fused-ring (bicyclic) bond motifs is 6. The summed E-state index contributed by atoms with van der Waals surface area (Å²) in [6.45, 7) is 16.0. The van der Waals surface area contributed by atoms with E-state index < -0.39 is 0 Å². The molecule has 0 saturated heterocycles. The Bertz CT molecular complexity index is 4470. The molecule has 12 aromatic carbocycles. The average molecular weight is 1080 g/mol. The van der Waals surface area contributed by atoms with Crippen molar-refractivity contribution in [3.8, 4) is 44.8 Å². The van der Waals surface area contributed by atoms with Gasteiger partial charge in [0, 0.05) is 67.0 Å². The van der Waals surface area contributed by atoms with Crippen molar-refractivity contribution in [2.24, 2.45) is 0 Å². The number of rotatable bonds is 15. The molecule has 0 aliphatic heterocycles. The summed E-state index contributed by atoms with van der Waals surface area (Å²) in [6, 6.07) is 101. The van der Waals surface area contributed by atoms with Crippen LogP contribution in [0.1, 0.15) is 22.3 Å². The maximum atomic E-state index is 4.01. The molecule has 0 N–H and O–H groups in total. The van der Waals surface area contributed by atoms with E-state index in [0.29, 0.717) is 0 Å². The highest BCUT2D eigenvalue weighted by atomic mass is 15.1. The summed E-state index contributed by atoms with van der Waals surface area (Å²) in [6.07, 6.45) is 7.55. The zero-order valence-corrected chi connectivity index (χ0v) is 46.5. The lowest BCUT2D eigenvalue weighted by Gasteiger charge is -2.26. The van der Waals surface area contributed by atoms with Gasteiger partial charge in [-0.25, -0.2) is 0 Å². The molecular formula is C80H58N4. The van der Waals surface area contributed by atoms with Crippen LogP contribution >= 0.6 is 0 Å². The largest absolute Gasteiger partial charge is 0.310 e. The van der Waals surface area contributed by atoms with Crippen LogP contribution < -0.4 is 9.80 Å². The highest BCUT2D eigenvalue weighted by Gasteiger charge is 2.21. The van der Waals surface area contributed by atoms with Gasteiger partial charge >= 0.3 is 0 Å². The van der Waals surface area contributed by atoms with Crippen molar-refractivity contribution in [3.63, 3.8) is 0 Å². The Labute approximate surface area is 490 Å². The molecule has 14 aromatic rings. The van der Waals surface area contributed by atoms with Gasteiger partial charge in [-0.3, -0.25) is 0 Å². The maximum absolute atomic E-state index is 4.01. The van der Waals surface area contributed by atoms with Crippen molar-refractivity contribution in [1.29, 1.82) is 0 Å². The molecule has 14 rings (SSSR count). The van der Waals surface area contributed by atoms with Crippen molar-refractivity contribution in [3.05, 3.63) is 328 Å². The van der Waals surface area contributed by atoms with E-state index in [1.807, 2.05) is 24.3 Å². The molecule has 4 nitrogen and oxygen atoms in total. The molecule has 0 saturated carbocycles. The van der Waals surface area contributed by atoms with E-state index in [9.17, 15) is 0 Å². The van der Waals surface area contributed by atoms with Gasteiger partial charge in [-0.1, -0.05) is 196 Å². The molecule has 0 atom stereocenters. The lowest BCUT2D eigenvalue weighted by molar-refractivity contribution is 1.18. The van der Waals surface area contributed by atoms with Crippen LogP contribution in [0.4, 0.5) is 34.1 Å². The number of hydrogen-bond donors (Lipinski definition) is 0. The number of anilines is 6. The highest BCUT2D eigenvalue weighted by molar-refractivity contribution is 6.13. The van der Waals surface area contributed by atoms with Crippen molar-refractivity contribution < 1.29 is 0 Å². The van der Waals surface area contributed by atoms with Crippen LogP contribution in [0.25, 0.3) is 113 Å². The van der Waals surface area contributed by atoms with Gasteiger partial charge in [0.25, 0.3) is 0 Å². The molecule has 0 fully saturated rings.